The molecule has 0 aromatic heterocycles. The fraction of sp³-hybridized carbons (Fsp3) is 1.00. The molecule has 0 aromatic rings. The van der Waals surface area contributed by atoms with Gasteiger partial charge in [0, 0.05) is 0 Å². The molecular formula is C4H10BP. The first-order valence-electron chi connectivity index (χ1n) is 2.32. The first-order chi connectivity index (χ1) is 2.91. The first-order valence-corrected chi connectivity index (χ1v) is 3.13. The summed E-state index contributed by atoms with van der Waals surface area (Å²) in [5.74, 6) is 0. The predicted octanol–water partition coefficient (Wildman–Crippen LogP) is 1.23. The summed E-state index contributed by atoms with van der Waals surface area (Å²) in [6, 6.07) is 0. The smallest absolute Gasteiger partial charge is 0.0653 e. The molecule has 6 heavy (non-hydrogen) atoms. The molecule has 0 nitrogen and oxygen atoms in total. The molecule has 0 rings (SSSR count). The number of hydrogen-bond acceptors (Lipinski definition) is 0. The molecule has 0 fully saturated rings. The van der Waals surface area contributed by atoms with Gasteiger partial charge in [-0.05, 0) is 6.16 Å². The van der Waals surface area contributed by atoms with Gasteiger partial charge in [0.15, 0.2) is 0 Å². The molecule has 0 spiro atoms. The normalized spacial score (nSPS) is 8.83. The van der Waals surface area contributed by atoms with Crippen molar-refractivity contribution in [1.82, 2.24) is 0 Å². The highest BCUT2D eigenvalue weighted by Crippen LogP contribution is 1.94. The molecule has 0 saturated carbocycles. The van der Waals surface area contributed by atoms with Crippen LogP contribution in [0.2, 0.25) is 6.32 Å². The third-order valence-electron chi connectivity index (χ3n) is 0.658. The van der Waals surface area contributed by atoms with Gasteiger partial charge in [-0.1, -0.05) is 19.2 Å². The third-order valence-corrected chi connectivity index (χ3v) is 1.07. The average molecular weight is 99.9 g/mol. The van der Waals surface area contributed by atoms with E-state index in [1.165, 1.54) is 19.0 Å². The molecule has 0 saturated heterocycles. The molecule has 0 aromatic carbocycles. The first kappa shape index (κ1) is 6.49. The lowest BCUT2D eigenvalue weighted by molar-refractivity contribution is 0.894. The van der Waals surface area contributed by atoms with Crippen LogP contribution in [0.3, 0.4) is 0 Å². The van der Waals surface area contributed by atoms with Crippen molar-refractivity contribution in [3.05, 3.63) is 0 Å². The van der Waals surface area contributed by atoms with Crippen LogP contribution in [0.4, 0.5) is 0 Å². The molecule has 34 valence electrons. The van der Waals surface area contributed by atoms with Crippen LogP contribution < -0.4 is 0 Å². The Morgan fingerprint density at radius 1 is 1.33 bits per heavy atom. The molecule has 2 heteroatoms. The van der Waals surface area contributed by atoms with E-state index in [9.17, 15) is 0 Å². The molecular weight excluding hydrogens is 89.8 g/mol. The van der Waals surface area contributed by atoms with Crippen LogP contribution in [0.1, 0.15) is 12.8 Å². The van der Waals surface area contributed by atoms with E-state index in [0.29, 0.717) is 0 Å². The van der Waals surface area contributed by atoms with E-state index >= 15 is 0 Å². The molecule has 0 bridgehead atoms. The third kappa shape index (κ3) is 4.49. The Hall–Kier alpha value is 0.495. The van der Waals surface area contributed by atoms with Crippen molar-refractivity contribution in [2.24, 2.45) is 0 Å². The fourth-order valence-corrected chi connectivity index (χ4v) is 0.577. The minimum Gasteiger partial charge on any atom is -0.138 e. The Morgan fingerprint density at radius 3 is 2.17 bits per heavy atom. The second-order valence-corrected chi connectivity index (χ2v) is 1.86. The Labute approximate surface area is 43.3 Å². The highest BCUT2D eigenvalue weighted by atomic mass is 31.0. The minimum atomic E-state index is 0.842. The Kier molecular flexibility index (Phi) is 5.95. The molecule has 0 heterocycles. The van der Waals surface area contributed by atoms with Gasteiger partial charge >= 0.3 is 0 Å². The van der Waals surface area contributed by atoms with Gasteiger partial charge in [-0.25, -0.2) is 0 Å². The maximum Gasteiger partial charge on any atom is 0.0653 e. The lowest BCUT2D eigenvalue weighted by Gasteiger charge is -1.86. The number of hydrogen-bond donors (Lipinski definition) is 0. The highest BCUT2D eigenvalue weighted by molar-refractivity contribution is 7.16. The zero-order valence-electron chi connectivity index (χ0n) is 3.98. The van der Waals surface area contributed by atoms with Gasteiger partial charge in [-0.2, -0.15) is 0 Å². The molecule has 2 radical (unpaired) electrons. The van der Waals surface area contributed by atoms with Crippen LogP contribution in [-0.2, 0) is 0 Å². The van der Waals surface area contributed by atoms with Gasteiger partial charge in [0.25, 0.3) is 0 Å². The SMILES string of the molecule is [B]CCCCP. The zero-order valence-corrected chi connectivity index (χ0v) is 5.14. The summed E-state index contributed by atoms with van der Waals surface area (Å²) >= 11 is 0. The Bertz CT molecular complexity index is 19.5. The van der Waals surface area contributed by atoms with Crippen molar-refractivity contribution < 1.29 is 0 Å². The molecule has 0 aliphatic heterocycles. The van der Waals surface area contributed by atoms with Crippen LogP contribution in [-0.4, -0.2) is 14.0 Å². The number of rotatable bonds is 3. The number of unbranched alkanes of at least 4 members (excludes halogenated alkanes) is 1. The van der Waals surface area contributed by atoms with Crippen LogP contribution in [0.25, 0.3) is 0 Å². The van der Waals surface area contributed by atoms with E-state index in [4.69, 9.17) is 7.85 Å². The predicted molar refractivity (Wildman–Crippen MR) is 34.4 cm³/mol. The highest BCUT2D eigenvalue weighted by Gasteiger charge is 1.75. The summed E-state index contributed by atoms with van der Waals surface area (Å²) in [4.78, 5) is 0. The molecule has 0 aliphatic carbocycles. The van der Waals surface area contributed by atoms with E-state index in [2.05, 4.69) is 9.24 Å². The largest absolute Gasteiger partial charge is 0.138 e. The second kappa shape index (κ2) is 5.49. The minimum absolute atomic E-state index is 0.842. The van der Waals surface area contributed by atoms with Crippen LogP contribution in [0.15, 0.2) is 0 Å². The molecule has 1 unspecified atom stereocenters. The topological polar surface area (TPSA) is 0 Å². The van der Waals surface area contributed by atoms with Gasteiger partial charge in [-0.15, -0.1) is 9.24 Å². The average Bonchev–Trinajstić information content (AvgIpc) is 1.61. The van der Waals surface area contributed by atoms with Crippen LogP contribution >= 0.6 is 9.24 Å². The fourth-order valence-electron chi connectivity index (χ4n) is 0.289. The van der Waals surface area contributed by atoms with Crippen molar-refractivity contribution in [2.75, 3.05) is 6.16 Å². The van der Waals surface area contributed by atoms with Crippen molar-refractivity contribution in [3.63, 3.8) is 0 Å². The van der Waals surface area contributed by atoms with Gasteiger partial charge in [0.1, 0.15) is 0 Å². The van der Waals surface area contributed by atoms with Gasteiger partial charge in [0.05, 0.1) is 7.85 Å². The van der Waals surface area contributed by atoms with Crippen molar-refractivity contribution in [2.45, 2.75) is 19.2 Å². The Morgan fingerprint density at radius 2 is 2.00 bits per heavy atom. The lowest BCUT2D eigenvalue weighted by atomic mass is 10.0. The molecule has 0 amide bonds. The molecule has 0 N–H and O–H groups in total. The monoisotopic (exact) mass is 100 g/mol. The summed E-state index contributed by atoms with van der Waals surface area (Å²) < 4.78 is 0. The summed E-state index contributed by atoms with van der Waals surface area (Å²) in [5, 5.41) is 0. The van der Waals surface area contributed by atoms with Crippen molar-refractivity contribution in [1.29, 1.82) is 0 Å². The van der Waals surface area contributed by atoms with E-state index in [-0.39, 0.29) is 0 Å². The molecule has 0 aliphatic rings. The van der Waals surface area contributed by atoms with Gasteiger partial charge < -0.3 is 0 Å². The maximum atomic E-state index is 5.21. The van der Waals surface area contributed by atoms with Crippen LogP contribution in [0.5, 0.6) is 0 Å². The summed E-state index contributed by atoms with van der Waals surface area (Å²) in [6.07, 6.45) is 4.45. The van der Waals surface area contributed by atoms with E-state index in [1.54, 1.807) is 0 Å². The summed E-state index contributed by atoms with van der Waals surface area (Å²) in [6.45, 7) is 0. The quantitative estimate of drug-likeness (QED) is 0.284. The standard InChI is InChI=1S/C4H10BP/c5-3-1-2-4-6/h1-4,6H2. The van der Waals surface area contributed by atoms with E-state index in [1.807, 2.05) is 0 Å². The Balaban J connectivity index is 2.34. The summed E-state index contributed by atoms with van der Waals surface area (Å²) in [5.41, 5.74) is 0. The van der Waals surface area contributed by atoms with Gasteiger partial charge in [0.2, 0.25) is 0 Å². The van der Waals surface area contributed by atoms with E-state index < -0.39 is 0 Å². The second-order valence-electron chi connectivity index (χ2n) is 1.28. The molecule has 1 atom stereocenters. The summed E-state index contributed by atoms with van der Waals surface area (Å²) in [7, 11) is 7.88. The lowest BCUT2D eigenvalue weighted by Crippen LogP contribution is -1.72. The van der Waals surface area contributed by atoms with Crippen molar-refractivity contribution >= 4 is 17.1 Å². The van der Waals surface area contributed by atoms with Gasteiger partial charge in [-0.3, -0.25) is 0 Å². The maximum absolute atomic E-state index is 5.21. The van der Waals surface area contributed by atoms with Crippen molar-refractivity contribution in [3.8, 4) is 0 Å². The van der Waals surface area contributed by atoms with E-state index in [0.717, 1.165) is 6.32 Å². The zero-order chi connectivity index (χ0) is 4.83. The van der Waals surface area contributed by atoms with Crippen LogP contribution in [0, 0.1) is 0 Å².